The van der Waals surface area contributed by atoms with Crippen molar-refractivity contribution in [3.63, 3.8) is 0 Å². The van der Waals surface area contributed by atoms with Crippen LogP contribution < -0.4 is 9.64 Å². The first-order valence-electron chi connectivity index (χ1n) is 11.4. The number of hydrogen-bond acceptors (Lipinski definition) is 5. The molecule has 7 nitrogen and oxygen atoms in total. The number of nitrogens with zero attached hydrogens (tertiary/aromatic N) is 3. The van der Waals surface area contributed by atoms with Gasteiger partial charge in [-0.1, -0.05) is 12.1 Å². The van der Waals surface area contributed by atoms with Gasteiger partial charge in [-0.2, -0.15) is 18.4 Å². The molecule has 0 aromatic heterocycles. The molecule has 0 N–H and O–H groups in total. The van der Waals surface area contributed by atoms with E-state index in [1.165, 1.54) is 11.0 Å². The van der Waals surface area contributed by atoms with Crippen LogP contribution in [-0.2, 0) is 22.2 Å². The molecule has 0 bridgehead atoms. The average molecular weight is 487 g/mol. The van der Waals surface area contributed by atoms with Crippen molar-refractivity contribution in [1.29, 1.82) is 5.26 Å². The number of ether oxygens (including phenoxy) is 3. The van der Waals surface area contributed by atoms with E-state index in [0.717, 1.165) is 17.7 Å². The number of methoxy groups -OCH3 is 1. The fourth-order valence-electron chi connectivity index (χ4n) is 5.35. The minimum atomic E-state index is -4.72. The van der Waals surface area contributed by atoms with E-state index in [0.29, 0.717) is 44.8 Å². The van der Waals surface area contributed by atoms with Crippen molar-refractivity contribution in [3.8, 4) is 11.8 Å². The van der Waals surface area contributed by atoms with Gasteiger partial charge in [0.1, 0.15) is 5.75 Å². The molecular weight excluding hydrogens is 463 g/mol. The molecule has 3 fully saturated rings. The molecule has 1 saturated carbocycles. The lowest BCUT2D eigenvalue weighted by Crippen LogP contribution is -2.50. The first-order chi connectivity index (χ1) is 16.7. The summed E-state index contributed by atoms with van der Waals surface area (Å²) >= 11 is 0. The number of carbonyl (C=O) groups is 1. The number of urea groups is 1. The van der Waals surface area contributed by atoms with Crippen LogP contribution >= 0.6 is 0 Å². The number of nitriles is 1. The average Bonchev–Trinajstić information content (AvgIpc) is 3.40. The zero-order valence-electron chi connectivity index (χ0n) is 19.0. The summed E-state index contributed by atoms with van der Waals surface area (Å²) in [6.07, 6.45) is -3.19. The van der Waals surface area contributed by atoms with Crippen LogP contribution in [0.3, 0.4) is 0 Å². The van der Waals surface area contributed by atoms with E-state index in [-0.39, 0.29) is 17.8 Å². The highest BCUT2D eigenvalue weighted by Gasteiger charge is 2.55. The largest absolute Gasteiger partial charge is 0.497 e. The molecule has 2 aliphatic heterocycles. The lowest BCUT2D eigenvalue weighted by atomic mass is 9.85. The molecule has 10 heteroatoms. The molecule has 0 radical (unpaired) electrons. The minimum absolute atomic E-state index is 0.101. The highest BCUT2D eigenvalue weighted by molar-refractivity contribution is 5.96. The van der Waals surface area contributed by atoms with Gasteiger partial charge in [-0.05, 0) is 42.3 Å². The van der Waals surface area contributed by atoms with Gasteiger partial charge >= 0.3 is 12.2 Å². The highest BCUT2D eigenvalue weighted by atomic mass is 19.4. The molecule has 1 spiro atoms. The summed E-state index contributed by atoms with van der Waals surface area (Å²) in [7, 11) is 1.57. The number of hydrogen-bond donors (Lipinski definition) is 0. The molecule has 2 saturated heterocycles. The van der Waals surface area contributed by atoms with Gasteiger partial charge in [-0.15, -0.1) is 0 Å². The predicted molar refractivity (Wildman–Crippen MR) is 119 cm³/mol. The Balaban J connectivity index is 1.52. The maximum atomic E-state index is 13.7. The number of anilines is 1. The van der Waals surface area contributed by atoms with E-state index in [1.807, 2.05) is 12.1 Å². The second kappa shape index (κ2) is 8.73. The molecule has 1 aliphatic carbocycles. The van der Waals surface area contributed by atoms with Crippen molar-refractivity contribution in [2.45, 2.75) is 49.9 Å². The first-order valence-corrected chi connectivity index (χ1v) is 11.4. The smallest absolute Gasteiger partial charge is 0.417 e. The molecule has 2 aromatic carbocycles. The number of carbonyl (C=O) groups excluding carboxylic acids is 1. The topological polar surface area (TPSA) is 75.0 Å². The minimum Gasteiger partial charge on any atom is -0.497 e. The molecule has 0 unspecified atom stereocenters. The third-order valence-electron chi connectivity index (χ3n) is 7.00. The molecule has 2 heterocycles. The van der Waals surface area contributed by atoms with Crippen molar-refractivity contribution in [1.82, 2.24) is 4.90 Å². The second-order valence-electron chi connectivity index (χ2n) is 8.95. The van der Waals surface area contributed by atoms with Crippen LogP contribution in [0.5, 0.6) is 5.75 Å². The summed E-state index contributed by atoms with van der Waals surface area (Å²) in [4.78, 5) is 16.8. The monoisotopic (exact) mass is 487 g/mol. The van der Waals surface area contributed by atoms with Crippen LogP contribution in [0.25, 0.3) is 0 Å². The molecular formula is C25H24F3N3O4. The number of halogens is 3. The Kier molecular flexibility index (Phi) is 5.85. The van der Waals surface area contributed by atoms with Gasteiger partial charge in [0.05, 0.1) is 49.6 Å². The van der Waals surface area contributed by atoms with Crippen LogP contribution in [-0.4, -0.2) is 49.1 Å². The number of alkyl halides is 3. The third-order valence-corrected chi connectivity index (χ3v) is 7.00. The second-order valence-corrected chi connectivity index (χ2v) is 8.95. The van der Waals surface area contributed by atoms with Crippen LogP contribution in [0.4, 0.5) is 23.7 Å². The molecule has 35 heavy (non-hydrogen) atoms. The highest BCUT2D eigenvalue weighted by Crippen LogP contribution is 2.46. The Morgan fingerprint density at radius 1 is 1.14 bits per heavy atom. The zero-order valence-corrected chi connectivity index (χ0v) is 19.0. The van der Waals surface area contributed by atoms with Crippen molar-refractivity contribution in [2.24, 2.45) is 0 Å². The zero-order chi connectivity index (χ0) is 24.8. The van der Waals surface area contributed by atoms with Gasteiger partial charge in [-0.3, -0.25) is 4.90 Å². The van der Waals surface area contributed by atoms with Crippen molar-refractivity contribution >= 4 is 11.7 Å². The van der Waals surface area contributed by atoms with Crippen LogP contribution in [0.2, 0.25) is 0 Å². The Hall–Kier alpha value is -3.29. The summed E-state index contributed by atoms with van der Waals surface area (Å²) in [6.45, 7) is 1.18. The summed E-state index contributed by atoms with van der Waals surface area (Å²) in [6, 6.07) is 11.3. The maximum Gasteiger partial charge on any atom is 0.417 e. The Morgan fingerprint density at radius 2 is 1.86 bits per heavy atom. The van der Waals surface area contributed by atoms with Gasteiger partial charge in [0.25, 0.3) is 0 Å². The van der Waals surface area contributed by atoms with E-state index < -0.39 is 29.1 Å². The van der Waals surface area contributed by atoms with Gasteiger partial charge in [0.15, 0.2) is 5.79 Å². The molecule has 5 rings (SSSR count). The summed E-state index contributed by atoms with van der Waals surface area (Å²) < 4.78 is 58.0. The summed E-state index contributed by atoms with van der Waals surface area (Å²) in [5.74, 6) is -0.150. The normalized spacial score (nSPS) is 23.5. The standard InChI is InChI=1S/C25H24F3N3O4/c1-33-19-6-2-16(3-7-19)15-30-21-8-9-24(34-10-11-35-24)13-22(21)31(23(30)32)18-5-4-17(14-29)20(12-18)25(26,27)28/h2-7,12,21-22H,8-11,13,15H2,1H3/t21-,22-/m1/s1. The van der Waals surface area contributed by atoms with E-state index in [1.54, 1.807) is 30.2 Å². The molecule has 184 valence electrons. The molecule has 2 amide bonds. The summed E-state index contributed by atoms with van der Waals surface area (Å²) in [5, 5.41) is 9.18. The maximum absolute atomic E-state index is 13.7. The Labute approximate surface area is 200 Å². The van der Waals surface area contributed by atoms with Crippen LogP contribution in [0, 0.1) is 11.3 Å². The van der Waals surface area contributed by atoms with Gasteiger partial charge in [0, 0.05) is 25.1 Å². The van der Waals surface area contributed by atoms with Crippen LogP contribution in [0.15, 0.2) is 42.5 Å². The van der Waals surface area contributed by atoms with E-state index in [2.05, 4.69) is 0 Å². The fourth-order valence-corrected chi connectivity index (χ4v) is 5.35. The molecule has 2 aromatic rings. The lowest BCUT2D eigenvalue weighted by Gasteiger charge is -2.41. The van der Waals surface area contributed by atoms with Gasteiger partial charge in [0.2, 0.25) is 0 Å². The van der Waals surface area contributed by atoms with Gasteiger partial charge in [-0.25, -0.2) is 4.79 Å². The molecule has 2 atom stereocenters. The van der Waals surface area contributed by atoms with E-state index >= 15 is 0 Å². The SMILES string of the molecule is COc1ccc(CN2C(=O)N(c3ccc(C#N)c(C(F)(F)F)c3)[C@@H]3CC4(CC[C@H]32)OCCO4)cc1. The van der Waals surface area contributed by atoms with Gasteiger partial charge < -0.3 is 19.1 Å². The van der Waals surface area contributed by atoms with Crippen LogP contribution in [0.1, 0.15) is 36.0 Å². The van der Waals surface area contributed by atoms with Crippen molar-refractivity contribution < 1.29 is 32.2 Å². The lowest BCUT2D eigenvalue weighted by molar-refractivity contribution is -0.183. The van der Waals surface area contributed by atoms with E-state index in [9.17, 15) is 23.2 Å². The van der Waals surface area contributed by atoms with Crippen molar-refractivity contribution in [3.05, 3.63) is 59.2 Å². The van der Waals surface area contributed by atoms with Crippen molar-refractivity contribution in [2.75, 3.05) is 25.2 Å². The molecule has 3 aliphatic rings. The summed E-state index contributed by atoms with van der Waals surface area (Å²) in [5.41, 5.74) is -0.565. The number of fused-ring (bicyclic) bond motifs is 1. The first kappa shape index (κ1) is 23.5. The Morgan fingerprint density at radius 3 is 2.49 bits per heavy atom. The number of benzene rings is 2. The number of rotatable bonds is 4. The third kappa shape index (κ3) is 4.19. The predicted octanol–water partition coefficient (Wildman–Crippen LogP) is 4.69. The quantitative estimate of drug-likeness (QED) is 0.626. The Bertz CT molecular complexity index is 1160. The van der Waals surface area contributed by atoms with E-state index in [4.69, 9.17) is 14.2 Å². The number of amides is 2. The fraction of sp³-hybridized carbons (Fsp3) is 0.440.